The van der Waals surface area contributed by atoms with E-state index in [0.717, 1.165) is 17.7 Å². The van der Waals surface area contributed by atoms with Crippen LogP contribution in [0.1, 0.15) is 32.1 Å². The molecule has 2 rings (SSSR count). The summed E-state index contributed by atoms with van der Waals surface area (Å²) in [6.07, 6.45) is 6.75. The summed E-state index contributed by atoms with van der Waals surface area (Å²) in [5.41, 5.74) is 0.242. The summed E-state index contributed by atoms with van der Waals surface area (Å²) in [7, 11) is 7.79. The first kappa shape index (κ1) is 13.7. The Labute approximate surface area is 114 Å². The molecule has 0 aliphatic carbocycles. The average molecular weight is 298 g/mol. The van der Waals surface area contributed by atoms with Gasteiger partial charge in [0.1, 0.15) is 0 Å². The molecule has 0 spiro atoms. The van der Waals surface area contributed by atoms with Crippen LogP contribution in [0, 0.1) is 0 Å². The number of nitrogens with one attached hydrogen (secondary N) is 1. The van der Waals surface area contributed by atoms with Crippen molar-refractivity contribution in [2.24, 2.45) is 0 Å². The van der Waals surface area contributed by atoms with Gasteiger partial charge in [-0.2, -0.15) is 0 Å². The molecule has 2 saturated heterocycles. The van der Waals surface area contributed by atoms with Crippen LogP contribution in [0.4, 0.5) is 0 Å². The Kier molecular flexibility index (Phi) is 7.24. The molecule has 6 heteroatoms. The second kappa shape index (κ2) is 8.43. The molecule has 16 heavy (non-hydrogen) atoms. The molecule has 0 aromatic rings. The molecule has 2 heterocycles. The zero-order valence-corrected chi connectivity index (χ0v) is 12.6. The molecule has 0 aromatic heterocycles. The topological polar surface area (TPSA) is 21.3 Å². The summed E-state index contributed by atoms with van der Waals surface area (Å²) in [5, 5.41) is 4.23. The summed E-state index contributed by atoms with van der Waals surface area (Å²) in [5.74, 6) is 2.38. The molecule has 94 valence electrons. The third-order valence-corrected chi connectivity index (χ3v) is 7.82. The summed E-state index contributed by atoms with van der Waals surface area (Å²) in [6, 6.07) is 0. The Morgan fingerprint density at radius 1 is 1.12 bits per heavy atom. The molecule has 0 bridgehead atoms. The van der Waals surface area contributed by atoms with Crippen molar-refractivity contribution >= 4 is 43.2 Å². The van der Waals surface area contributed by atoms with Crippen LogP contribution < -0.4 is 5.32 Å². The Bertz CT molecular complexity index is 164. The van der Waals surface area contributed by atoms with E-state index in [2.05, 4.69) is 16.1 Å². The molecule has 2 atom stereocenters. The Hall–Kier alpha value is 1.32. The Morgan fingerprint density at radius 2 is 2.12 bits per heavy atom. The maximum absolute atomic E-state index is 5.70. The highest BCUT2D eigenvalue weighted by atomic mass is 33.1. The van der Waals surface area contributed by atoms with Crippen molar-refractivity contribution in [2.75, 3.05) is 18.2 Å². The zero-order valence-electron chi connectivity index (χ0n) is 9.35. The Balaban J connectivity index is 1.37. The second-order valence-corrected chi connectivity index (χ2v) is 9.16. The van der Waals surface area contributed by atoms with E-state index in [0.29, 0.717) is 0 Å². The van der Waals surface area contributed by atoms with E-state index >= 15 is 0 Å². The van der Waals surface area contributed by atoms with E-state index in [1.54, 1.807) is 10.8 Å². The molecule has 2 unspecified atom stereocenters. The lowest BCUT2D eigenvalue weighted by molar-refractivity contribution is 0.0939. The maximum atomic E-state index is 5.70. The second-order valence-electron chi connectivity index (χ2n) is 3.94. The van der Waals surface area contributed by atoms with Gasteiger partial charge < -0.3 is 4.74 Å². The van der Waals surface area contributed by atoms with Gasteiger partial charge in [0.15, 0.2) is 5.56 Å². The SMILES string of the molecule is C(CCOC1NCSS1)CCC1CCSS1. The summed E-state index contributed by atoms with van der Waals surface area (Å²) in [4.78, 5) is 0. The molecular formula is C10H19NOS4. The van der Waals surface area contributed by atoms with Gasteiger partial charge in [0, 0.05) is 17.6 Å². The fourth-order valence-corrected chi connectivity index (χ4v) is 6.72. The Morgan fingerprint density at radius 3 is 2.88 bits per heavy atom. The van der Waals surface area contributed by atoms with Crippen LogP contribution >= 0.6 is 43.2 Å². The minimum atomic E-state index is 0.242. The summed E-state index contributed by atoms with van der Waals surface area (Å²) < 4.78 is 5.70. The van der Waals surface area contributed by atoms with Crippen LogP contribution in [0.15, 0.2) is 0 Å². The minimum absolute atomic E-state index is 0.242. The zero-order chi connectivity index (χ0) is 11.1. The average Bonchev–Trinajstić information content (AvgIpc) is 2.96. The van der Waals surface area contributed by atoms with Crippen LogP contribution in [0.5, 0.6) is 0 Å². The van der Waals surface area contributed by atoms with Gasteiger partial charge in [-0.25, -0.2) is 0 Å². The highest BCUT2D eigenvalue weighted by Gasteiger charge is 2.16. The third-order valence-electron chi connectivity index (χ3n) is 2.63. The fraction of sp³-hybridized carbons (Fsp3) is 1.00. The van der Waals surface area contributed by atoms with Gasteiger partial charge in [-0.05, 0) is 30.1 Å². The van der Waals surface area contributed by atoms with Crippen molar-refractivity contribution in [1.82, 2.24) is 5.32 Å². The van der Waals surface area contributed by atoms with Crippen molar-refractivity contribution in [2.45, 2.75) is 42.9 Å². The number of unbranched alkanes of at least 4 members (excludes halogenated alkanes) is 2. The number of hydrogen-bond acceptors (Lipinski definition) is 6. The fourth-order valence-electron chi connectivity index (χ4n) is 1.72. The largest absolute Gasteiger partial charge is 0.353 e. The third kappa shape index (κ3) is 5.31. The highest BCUT2D eigenvalue weighted by Crippen LogP contribution is 2.39. The van der Waals surface area contributed by atoms with Gasteiger partial charge in [-0.1, -0.05) is 45.2 Å². The molecule has 2 aliphatic rings. The lowest BCUT2D eigenvalue weighted by Gasteiger charge is -2.10. The standard InChI is InChI=1S/C10H19NOS4/c1(2-4-9-5-7-13-15-9)3-6-12-10-11-8-14-16-10/h9-11H,1-8H2. The van der Waals surface area contributed by atoms with Gasteiger partial charge >= 0.3 is 0 Å². The lowest BCUT2D eigenvalue weighted by Crippen LogP contribution is -2.22. The van der Waals surface area contributed by atoms with E-state index in [1.165, 1.54) is 37.9 Å². The summed E-state index contributed by atoms with van der Waals surface area (Å²) in [6.45, 7) is 0.914. The van der Waals surface area contributed by atoms with Crippen LogP contribution in [0.25, 0.3) is 0 Å². The normalized spacial score (nSPS) is 30.0. The van der Waals surface area contributed by atoms with Crippen LogP contribution in [-0.4, -0.2) is 29.0 Å². The first-order chi connectivity index (χ1) is 7.95. The van der Waals surface area contributed by atoms with E-state index in [-0.39, 0.29) is 5.56 Å². The molecule has 1 N–H and O–H groups in total. The monoisotopic (exact) mass is 297 g/mol. The van der Waals surface area contributed by atoms with Crippen molar-refractivity contribution in [3.8, 4) is 0 Å². The van der Waals surface area contributed by atoms with E-state index in [1.807, 2.05) is 21.6 Å². The molecule has 0 radical (unpaired) electrons. The van der Waals surface area contributed by atoms with Crippen LogP contribution in [-0.2, 0) is 4.74 Å². The maximum Gasteiger partial charge on any atom is 0.166 e. The molecule has 0 amide bonds. The molecule has 0 saturated carbocycles. The van der Waals surface area contributed by atoms with Crippen molar-refractivity contribution in [3.63, 3.8) is 0 Å². The molecular weight excluding hydrogens is 278 g/mol. The summed E-state index contributed by atoms with van der Waals surface area (Å²) >= 11 is 0. The first-order valence-corrected chi connectivity index (χ1v) is 10.6. The number of ether oxygens (including phenoxy) is 1. The van der Waals surface area contributed by atoms with Gasteiger partial charge in [0.05, 0.1) is 5.88 Å². The van der Waals surface area contributed by atoms with E-state index in [4.69, 9.17) is 4.74 Å². The van der Waals surface area contributed by atoms with Crippen molar-refractivity contribution in [3.05, 3.63) is 0 Å². The minimum Gasteiger partial charge on any atom is -0.353 e. The van der Waals surface area contributed by atoms with Crippen LogP contribution in [0.2, 0.25) is 0 Å². The van der Waals surface area contributed by atoms with Gasteiger partial charge in [-0.15, -0.1) is 0 Å². The molecule has 0 aromatic carbocycles. The van der Waals surface area contributed by atoms with Crippen LogP contribution in [0.3, 0.4) is 0 Å². The quantitative estimate of drug-likeness (QED) is 0.563. The van der Waals surface area contributed by atoms with Gasteiger partial charge in [-0.3, -0.25) is 5.32 Å². The molecule has 2 nitrogen and oxygen atoms in total. The van der Waals surface area contributed by atoms with Gasteiger partial charge in [0.25, 0.3) is 0 Å². The lowest BCUT2D eigenvalue weighted by atomic mass is 10.1. The molecule has 2 fully saturated rings. The first-order valence-electron chi connectivity index (χ1n) is 5.87. The number of hydrogen-bond donors (Lipinski definition) is 1. The number of rotatable bonds is 7. The molecule has 2 aliphatic heterocycles. The van der Waals surface area contributed by atoms with E-state index in [9.17, 15) is 0 Å². The van der Waals surface area contributed by atoms with Crippen molar-refractivity contribution in [1.29, 1.82) is 0 Å². The van der Waals surface area contributed by atoms with Crippen molar-refractivity contribution < 1.29 is 4.74 Å². The predicted molar refractivity (Wildman–Crippen MR) is 79.8 cm³/mol. The predicted octanol–water partition coefficient (Wildman–Crippen LogP) is 3.94. The van der Waals surface area contributed by atoms with Gasteiger partial charge in [0.2, 0.25) is 0 Å². The smallest absolute Gasteiger partial charge is 0.166 e. The van der Waals surface area contributed by atoms with E-state index < -0.39 is 0 Å². The highest BCUT2D eigenvalue weighted by molar-refractivity contribution is 8.77.